The van der Waals surface area contributed by atoms with E-state index in [1.165, 1.54) is 7.11 Å². The predicted octanol–water partition coefficient (Wildman–Crippen LogP) is 3.14. The predicted molar refractivity (Wildman–Crippen MR) is 131 cm³/mol. The van der Waals surface area contributed by atoms with Crippen molar-refractivity contribution in [1.29, 1.82) is 0 Å². The van der Waals surface area contributed by atoms with Crippen LogP contribution >= 0.6 is 0 Å². The summed E-state index contributed by atoms with van der Waals surface area (Å²) in [5, 5.41) is 4.47. The summed E-state index contributed by atoms with van der Waals surface area (Å²) in [5.41, 5.74) is 0.512. The van der Waals surface area contributed by atoms with Crippen LogP contribution in [0.4, 0.5) is 10.5 Å². The van der Waals surface area contributed by atoms with E-state index in [1.807, 2.05) is 58.0 Å². The second-order valence-electron chi connectivity index (χ2n) is 10.5. The Kier molecular flexibility index (Phi) is 7.08. The quantitative estimate of drug-likeness (QED) is 0.564. The molecule has 2 aliphatic heterocycles. The van der Waals surface area contributed by atoms with Crippen LogP contribution in [0.2, 0.25) is 0 Å². The third-order valence-corrected chi connectivity index (χ3v) is 6.49. The summed E-state index contributed by atoms with van der Waals surface area (Å²) in [4.78, 5) is 42.1. The van der Waals surface area contributed by atoms with E-state index in [0.29, 0.717) is 18.8 Å². The van der Waals surface area contributed by atoms with E-state index in [1.54, 1.807) is 20.7 Å². The number of hydrogen-bond donors (Lipinski definition) is 0. The van der Waals surface area contributed by atoms with Gasteiger partial charge in [-0.1, -0.05) is 30.3 Å². The lowest BCUT2D eigenvalue weighted by Crippen LogP contribution is -2.47. The minimum Gasteiger partial charge on any atom is -0.468 e. The van der Waals surface area contributed by atoms with E-state index in [4.69, 9.17) is 14.2 Å². The molecule has 0 spiro atoms. The third-order valence-electron chi connectivity index (χ3n) is 6.49. The maximum atomic E-state index is 13.2. The van der Waals surface area contributed by atoms with Crippen LogP contribution in [0, 0.1) is 5.41 Å². The van der Waals surface area contributed by atoms with Gasteiger partial charge in [0.25, 0.3) is 0 Å². The maximum absolute atomic E-state index is 13.2. The number of esters is 1. The number of nitrogens with zero attached hydrogens (tertiary/aromatic N) is 4. The molecule has 1 saturated heterocycles. The van der Waals surface area contributed by atoms with Gasteiger partial charge in [0, 0.05) is 13.0 Å². The number of aromatic nitrogens is 2. The van der Waals surface area contributed by atoms with Gasteiger partial charge in [0.05, 0.1) is 57.0 Å². The Morgan fingerprint density at radius 3 is 2.58 bits per heavy atom. The molecule has 2 aliphatic rings. The van der Waals surface area contributed by atoms with Crippen LogP contribution in [-0.4, -0.2) is 64.6 Å². The van der Waals surface area contributed by atoms with Gasteiger partial charge in [-0.15, -0.1) is 0 Å². The van der Waals surface area contributed by atoms with Gasteiger partial charge < -0.3 is 19.1 Å². The Balaban J connectivity index is 1.54. The summed E-state index contributed by atoms with van der Waals surface area (Å²) < 4.78 is 18.4. The number of amides is 2. The molecule has 3 heterocycles. The van der Waals surface area contributed by atoms with Crippen LogP contribution in [-0.2, 0) is 43.5 Å². The Labute approximate surface area is 211 Å². The summed E-state index contributed by atoms with van der Waals surface area (Å²) in [6.45, 7) is 8.58. The van der Waals surface area contributed by atoms with Crippen molar-refractivity contribution in [3.8, 4) is 0 Å². The molecule has 2 atom stereocenters. The zero-order valence-corrected chi connectivity index (χ0v) is 21.5. The second kappa shape index (κ2) is 9.93. The summed E-state index contributed by atoms with van der Waals surface area (Å²) >= 11 is 0. The number of carbonyl (C=O) groups excluding carboxylic acids is 3. The molecule has 4 rings (SSSR count). The van der Waals surface area contributed by atoms with E-state index in [9.17, 15) is 14.4 Å². The highest BCUT2D eigenvalue weighted by Crippen LogP contribution is 2.39. The molecule has 194 valence electrons. The number of benzene rings is 1. The standard InChI is InChI=1S/C26H34N4O6/c1-18-13-30-21(14-28(18)24(33)36-25(2,3)4)20(12-27-30)29-16-26(11-22(29)31,23(32)34-5)17-35-15-19-9-7-6-8-10-19/h6-10,12,18H,11,13-17H2,1-5H3. The van der Waals surface area contributed by atoms with Crippen molar-refractivity contribution in [2.75, 3.05) is 25.2 Å². The van der Waals surface area contributed by atoms with Crippen molar-refractivity contribution >= 4 is 23.7 Å². The minimum atomic E-state index is -1.14. The zero-order chi connectivity index (χ0) is 26.1. The molecule has 36 heavy (non-hydrogen) atoms. The second-order valence-corrected chi connectivity index (χ2v) is 10.5. The van der Waals surface area contributed by atoms with Gasteiger partial charge in [-0.2, -0.15) is 5.10 Å². The number of rotatable bonds is 6. The average molecular weight is 499 g/mol. The van der Waals surface area contributed by atoms with Crippen LogP contribution in [0.3, 0.4) is 0 Å². The molecule has 10 nitrogen and oxygen atoms in total. The number of hydrogen-bond acceptors (Lipinski definition) is 7. The van der Waals surface area contributed by atoms with Gasteiger partial charge in [-0.25, -0.2) is 4.79 Å². The number of carbonyl (C=O) groups is 3. The molecule has 0 aliphatic carbocycles. The van der Waals surface area contributed by atoms with Crippen molar-refractivity contribution in [3.05, 3.63) is 47.8 Å². The van der Waals surface area contributed by atoms with Crippen LogP contribution in [0.15, 0.2) is 36.5 Å². The zero-order valence-electron chi connectivity index (χ0n) is 21.5. The van der Waals surface area contributed by atoms with Gasteiger partial charge in [-0.3, -0.25) is 19.2 Å². The average Bonchev–Trinajstić information content (AvgIpc) is 3.38. The Morgan fingerprint density at radius 1 is 1.19 bits per heavy atom. The van der Waals surface area contributed by atoms with E-state index < -0.39 is 23.1 Å². The summed E-state index contributed by atoms with van der Waals surface area (Å²) in [5.74, 6) is -0.710. The number of fused-ring (bicyclic) bond motifs is 1. The van der Waals surface area contributed by atoms with Crippen molar-refractivity contribution in [3.63, 3.8) is 0 Å². The molecule has 1 fully saturated rings. The molecule has 2 aromatic rings. The Morgan fingerprint density at radius 2 is 1.92 bits per heavy atom. The van der Waals surface area contributed by atoms with Crippen molar-refractivity contribution in [1.82, 2.24) is 14.7 Å². The molecule has 2 unspecified atom stereocenters. The first kappa shape index (κ1) is 25.7. The molecule has 1 aromatic carbocycles. The lowest BCUT2D eigenvalue weighted by Gasteiger charge is -2.36. The molecular weight excluding hydrogens is 464 g/mol. The fraction of sp³-hybridized carbons (Fsp3) is 0.538. The first-order chi connectivity index (χ1) is 17.0. The SMILES string of the molecule is COC(=O)C1(COCc2ccccc2)CC(=O)N(c2cnn3c2CN(C(=O)OC(C)(C)C)C(C)C3)C1. The first-order valence-corrected chi connectivity index (χ1v) is 12.1. The molecule has 0 saturated carbocycles. The fourth-order valence-corrected chi connectivity index (χ4v) is 4.68. The van der Waals surface area contributed by atoms with Gasteiger partial charge in [0.1, 0.15) is 11.0 Å². The monoisotopic (exact) mass is 498 g/mol. The topological polar surface area (TPSA) is 103 Å². The fourth-order valence-electron chi connectivity index (χ4n) is 4.68. The van der Waals surface area contributed by atoms with E-state index in [2.05, 4.69) is 5.10 Å². The summed E-state index contributed by atoms with van der Waals surface area (Å²) in [6, 6.07) is 9.50. The highest BCUT2D eigenvalue weighted by atomic mass is 16.6. The summed E-state index contributed by atoms with van der Waals surface area (Å²) in [7, 11) is 1.32. The van der Waals surface area contributed by atoms with Crippen LogP contribution in [0.1, 0.15) is 45.4 Å². The smallest absolute Gasteiger partial charge is 0.410 e. The van der Waals surface area contributed by atoms with Crippen LogP contribution in [0.25, 0.3) is 0 Å². The third kappa shape index (κ3) is 5.23. The number of methoxy groups -OCH3 is 1. The minimum absolute atomic E-state index is 0.0364. The molecule has 1 aromatic heterocycles. The number of ether oxygens (including phenoxy) is 3. The summed E-state index contributed by atoms with van der Waals surface area (Å²) in [6.07, 6.45) is 1.17. The normalized spacial score (nSPS) is 21.9. The molecule has 2 amide bonds. The van der Waals surface area contributed by atoms with Crippen molar-refractivity contribution < 1.29 is 28.6 Å². The van der Waals surface area contributed by atoms with Gasteiger partial charge in [-0.05, 0) is 33.3 Å². The van der Waals surface area contributed by atoms with Crippen LogP contribution in [0.5, 0.6) is 0 Å². The van der Waals surface area contributed by atoms with Crippen LogP contribution < -0.4 is 4.90 Å². The first-order valence-electron chi connectivity index (χ1n) is 12.1. The van der Waals surface area contributed by atoms with E-state index >= 15 is 0 Å². The molecule has 10 heteroatoms. The van der Waals surface area contributed by atoms with Gasteiger partial charge in [0.15, 0.2) is 0 Å². The van der Waals surface area contributed by atoms with Gasteiger partial charge in [0.2, 0.25) is 5.91 Å². The Hall–Kier alpha value is -3.40. The van der Waals surface area contributed by atoms with E-state index in [0.717, 1.165) is 11.3 Å². The van der Waals surface area contributed by atoms with Crippen molar-refractivity contribution in [2.45, 2.75) is 65.5 Å². The molecule has 0 radical (unpaired) electrons. The van der Waals surface area contributed by atoms with E-state index in [-0.39, 0.29) is 38.1 Å². The molecular formula is C26H34N4O6. The highest BCUT2D eigenvalue weighted by Gasteiger charge is 2.51. The van der Waals surface area contributed by atoms with Crippen molar-refractivity contribution in [2.24, 2.45) is 5.41 Å². The van der Waals surface area contributed by atoms with Gasteiger partial charge >= 0.3 is 12.1 Å². The Bertz CT molecular complexity index is 1130. The molecule has 0 N–H and O–H groups in total. The maximum Gasteiger partial charge on any atom is 0.410 e. The molecule has 0 bridgehead atoms. The highest BCUT2D eigenvalue weighted by molar-refractivity contribution is 6.01. The lowest BCUT2D eigenvalue weighted by molar-refractivity contribution is -0.156. The largest absolute Gasteiger partial charge is 0.468 e. The number of anilines is 1. The lowest BCUT2D eigenvalue weighted by atomic mass is 9.88.